The Balaban J connectivity index is 2.32. The minimum absolute atomic E-state index is 0.0394. The van der Waals surface area contributed by atoms with Crippen molar-refractivity contribution >= 4 is 5.78 Å². The first-order valence-electron chi connectivity index (χ1n) is 9.84. The molecule has 0 fully saturated rings. The Morgan fingerprint density at radius 2 is 1.30 bits per heavy atom. The number of methoxy groups -OCH3 is 6. The number of hydrogen-bond acceptors (Lipinski definition) is 9. The molecule has 9 nitrogen and oxygen atoms in total. The van der Waals surface area contributed by atoms with Crippen molar-refractivity contribution in [3.8, 4) is 46.3 Å². The fraction of sp³-hybridized carbons (Fsp3) is 0.375. The zero-order chi connectivity index (χ0) is 24.2. The molecule has 0 aliphatic rings. The van der Waals surface area contributed by atoms with Crippen molar-refractivity contribution < 1.29 is 42.7 Å². The summed E-state index contributed by atoms with van der Waals surface area (Å²) in [7, 11) is 9.03. The maximum absolute atomic E-state index is 12.8. The Kier molecular flexibility index (Phi) is 10.1. The summed E-state index contributed by atoms with van der Waals surface area (Å²) in [5.74, 6) is 7.30. The van der Waals surface area contributed by atoms with Crippen LogP contribution in [-0.4, -0.2) is 68.4 Å². The molecule has 0 bridgehead atoms. The third-order valence-corrected chi connectivity index (χ3v) is 4.46. The Morgan fingerprint density at radius 3 is 1.85 bits per heavy atom. The van der Waals surface area contributed by atoms with Crippen LogP contribution in [0.25, 0.3) is 0 Å². The van der Waals surface area contributed by atoms with Gasteiger partial charge in [-0.3, -0.25) is 4.79 Å². The molecule has 0 aliphatic heterocycles. The highest BCUT2D eigenvalue weighted by atomic mass is 16.7. The predicted molar refractivity (Wildman–Crippen MR) is 120 cm³/mol. The van der Waals surface area contributed by atoms with Crippen molar-refractivity contribution in [1.29, 1.82) is 0 Å². The van der Waals surface area contributed by atoms with Crippen molar-refractivity contribution in [2.45, 2.75) is 0 Å². The molecule has 0 saturated heterocycles. The van der Waals surface area contributed by atoms with Gasteiger partial charge in [-0.2, -0.15) is 0 Å². The molecule has 0 atom stereocenters. The Labute approximate surface area is 193 Å². The summed E-state index contributed by atoms with van der Waals surface area (Å²) in [6, 6.07) is 6.32. The zero-order valence-electron chi connectivity index (χ0n) is 19.6. The van der Waals surface area contributed by atoms with E-state index in [0.29, 0.717) is 53.3 Å². The van der Waals surface area contributed by atoms with Gasteiger partial charge in [-0.15, -0.1) is 0 Å². The van der Waals surface area contributed by atoms with Gasteiger partial charge in [-0.05, 0) is 18.1 Å². The Hall–Kier alpha value is -3.61. The normalized spacial score (nSPS) is 10.0. The molecule has 9 heteroatoms. The van der Waals surface area contributed by atoms with Crippen LogP contribution in [0.4, 0.5) is 0 Å². The van der Waals surface area contributed by atoms with Crippen molar-refractivity contribution in [3.63, 3.8) is 0 Å². The average molecular weight is 460 g/mol. The van der Waals surface area contributed by atoms with Crippen LogP contribution in [-0.2, 0) is 9.47 Å². The van der Waals surface area contributed by atoms with Gasteiger partial charge in [-0.1, -0.05) is 5.92 Å². The van der Waals surface area contributed by atoms with E-state index in [9.17, 15) is 4.79 Å². The lowest BCUT2D eigenvalue weighted by atomic mass is 10.1. The van der Waals surface area contributed by atoms with E-state index in [4.69, 9.17) is 37.9 Å². The van der Waals surface area contributed by atoms with Crippen molar-refractivity contribution in [3.05, 3.63) is 35.4 Å². The molecular formula is C24H28O9. The highest BCUT2D eigenvalue weighted by Crippen LogP contribution is 2.39. The van der Waals surface area contributed by atoms with Crippen molar-refractivity contribution in [1.82, 2.24) is 0 Å². The van der Waals surface area contributed by atoms with Crippen LogP contribution in [0.15, 0.2) is 24.3 Å². The van der Waals surface area contributed by atoms with Crippen LogP contribution < -0.4 is 28.4 Å². The van der Waals surface area contributed by atoms with Gasteiger partial charge in [0.15, 0.2) is 29.8 Å². The van der Waals surface area contributed by atoms with Gasteiger partial charge in [0.05, 0.1) is 54.3 Å². The number of carbonyl (C=O) groups is 1. The summed E-state index contributed by atoms with van der Waals surface area (Å²) >= 11 is 0. The monoisotopic (exact) mass is 460 g/mol. The third-order valence-electron chi connectivity index (χ3n) is 4.46. The second-order valence-corrected chi connectivity index (χ2v) is 6.36. The van der Waals surface area contributed by atoms with E-state index < -0.39 is 5.78 Å². The number of ketones is 1. The molecule has 2 rings (SSSR count). The summed E-state index contributed by atoms with van der Waals surface area (Å²) in [4.78, 5) is 12.8. The van der Waals surface area contributed by atoms with E-state index in [1.165, 1.54) is 47.7 Å². The van der Waals surface area contributed by atoms with Gasteiger partial charge in [0.25, 0.3) is 0 Å². The van der Waals surface area contributed by atoms with E-state index in [2.05, 4.69) is 11.8 Å². The molecule has 0 saturated carbocycles. The average Bonchev–Trinajstić information content (AvgIpc) is 2.85. The van der Waals surface area contributed by atoms with Crippen LogP contribution in [0.2, 0.25) is 0 Å². The lowest BCUT2D eigenvalue weighted by molar-refractivity contribution is -0.0105. The number of hydrogen-bond donors (Lipinski definition) is 0. The molecule has 0 amide bonds. The van der Waals surface area contributed by atoms with Gasteiger partial charge in [0, 0.05) is 24.8 Å². The second kappa shape index (κ2) is 13.1. The summed E-state index contributed by atoms with van der Waals surface area (Å²) in [5.41, 5.74) is 0.735. The molecule has 178 valence electrons. The first-order chi connectivity index (χ1) is 16.0. The minimum atomic E-state index is -0.452. The fourth-order valence-electron chi connectivity index (χ4n) is 2.78. The third kappa shape index (κ3) is 6.68. The highest BCUT2D eigenvalue weighted by Gasteiger charge is 2.17. The van der Waals surface area contributed by atoms with E-state index >= 15 is 0 Å². The van der Waals surface area contributed by atoms with Gasteiger partial charge in [0.1, 0.15) is 5.75 Å². The molecular weight excluding hydrogens is 432 g/mol. The van der Waals surface area contributed by atoms with E-state index in [1.54, 1.807) is 19.2 Å². The van der Waals surface area contributed by atoms with Crippen LogP contribution in [0, 0.1) is 11.8 Å². The highest BCUT2D eigenvalue weighted by molar-refractivity contribution is 6.10. The molecule has 0 unspecified atom stereocenters. The van der Waals surface area contributed by atoms with E-state index in [-0.39, 0.29) is 12.4 Å². The molecule has 0 aliphatic carbocycles. The van der Waals surface area contributed by atoms with E-state index in [0.717, 1.165) is 0 Å². The molecule has 0 heterocycles. The first-order valence-corrected chi connectivity index (χ1v) is 9.84. The Morgan fingerprint density at radius 1 is 0.727 bits per heavy atom. The Bertz CT molecular complexity index is 980. The molecule has 0 N–H and O–H groups in total. The molecule has 0 spiro atoms. The number of carbonyl (C=O) groups excluding carboxylic acids is 1. The SMILES string of the molecule is COCCOCOc1c(OC)cc(C(=O)C#Cc2cc(OC)c(OC)cc2OC)cc1OC. The topological polar surface area (TPSA) is 90.9 Å². The predicted octanol–water partition coefficient (Wildman–Crippen LogP) is 2.96. The lowest BCUT2D eigenvalue weighted by Gasteiger charge is -2.15. The first kappa shape index (κ1) is 25.6. The molecule has 0 radical (unpaired) electrons. The number of Topliss-reactive ketones (excluding diaryl/α,β-unsaturated/α-hetero) is 1. The smallest absolute Gasteiger partial charge is 0.236 e. The lowest BCUT2D eigenvalue weighted by Crippen LogP contribution is -2.09. The second-order valence-electron chi connectivity index (χ2n) is 6.36. The van der Waals surface area contributed by atoms with Gasteiger partial charge in [0.2, 0.25) is 11.5 Å². The summed E-state index contributed by atoms with van der Waals surface area (Å²) in [6.45, 7) is 0.768. The van der Waals surface area contributed by atoms with Crippen LogP contribution in [0.3, 0.4) is 0 Å². The van der Waals surface area contributed by atoms with Crippen LogP contribution in [0.1, 0.15) is 15.9 Å². The largest absolute Gasteiger partial charge is 0.495 e. The fourth-order valence-corrected chi connectivity index (χ4v) is 2.78. The number of benzene rings is 2. The molecule has 2 aromatic rings. The van der Waals surface area contributed by atoms with Gasteiger partial charge >= 0.3 is 0 Å². The maximum atomic E-state index is 12.8. The molecule has 2 aromatic carbocycles. The maximum Gasteiger partial charge on any atom is 0.236 e. The van der Waals surface area contributed by atoms with E-state index in [1.807, 2.05) is 0 Å². The molecule has 0 aromatic heterocycles. The summed E-state index contributed by atoms with van der Waals surface area (Å²) in [6.07, 6.45) is 0. The standard InChI is InChI=1S/C24H28O9/c1-26-9-10-32-15-33-24-22(30-5)12-17(13-23(24)31-6)18(25)8-7-16-11-20(28-3)21(29-4)14-19(16)27-2/h11-14H,9-10,15H2,1-6H3. The molecule has 33 heavy (non-hydrogen) atoms. The van der Waals surface area contributed by atoms with Gasteiger partial charge in [-0.25, -0.2) is 0 Å². The number of rotatable bonds is 12. The summed E-state index contributed by atoms with van der Waals surface area (Å²) in [5, 5.41) is 0. The minimum Gasteiger partial charge on any atom is -0.495 e. The quantitative estimate of drug-likeness (QED) is 0.205. The van der Waals surface area contributed by atoms with Gasteiger partial charge < -0.3 is 37.9 Å². The van der Waals surface area contributed by atoms with Crippen LogP contribution >= 0.6 is 0 Å². The van der Waals surface area contributed by atoms with Crippen LogP contribution in [0.5, 0.6) is 34.5 Å². The van der Waals surface area contributed by atoms with Crippen molar-refractivity contribution in [2.24, 2.45) is 0 Å². The number of ether oxygens (including phenoxy) is 8. The summed E-state index contributed by atoms with van der Waals surface area (Å²) < 4.78 is 42.5. The van der Waals surface area contributed by atoms with Crippen molar-refractivity contribution in [2.75, 3.05) is 62.7 Å². The zero-order valence-corrected chi connectivity index (χ0v) is 19.6.